The van der Waals surface area contributed by atoms with Gasteiger partial charge in [-0.05, 0) is 103 Å². The van der Waals surface area contributed by atoms with Crippen molar-refractivity contribution in [3.05, 3.63) is 60.3 Å². The molecule has 1 heterocycles. The highest BCUT2D eigenvalue weighted by molar-refractivity contribution is 6.51. The lowest BCUT2D eigenvalue weighted by Gasteiger charge is -2.28. The minimum atomic E-state index is -0.0156. The van der Waals surface area contributed by atoms with Gasteiger partial charge in [0, 0.05) is 62.1 Å². The van der Waals surface area contributed by atoms with E-state index < -0.39 is 0 Å². The summed E-state index contributed by atoms with van der Waals surface area (Å²) in [5.41, 5.74) is 6.49. The molecule has 0 spiro atoms. The van der Waals surface area contributed by atoms with Crippen molar-refractivity contribution in [3.8, 4) is 0 Å². The van der Waals surface area contributed by atoms with Crippen molar-refractivity contribution in [3.63, 3.8) is 0 Å². The molecule has 1 saturated heterocycles. The topological polar surface area (TPSA) is 51.5 Å². The first kappa shape index (κ1) is 27.6. The number of benzene rings is 2. The highest BCUT2D eigenvalue weighted by atomic mass is 16.1. The van der Waals surface area contributed by atoms with E-state index in [9.17, 15) is 4.79 Å². The van der Waals surface area contributed by atoms with Gasteiger partial charge in [-0.25, -0.2) is 4.99 Å². The monoisotopic (exact) mass is 513 g/mol. The van der Waals surface area contributed by atoms with Gasteiger partial charge in [-0.2, -0.15) is 0 Å². The molecule has 0 unspecified atom stereocenters. The molecule has 0 N–H and O–H groups in total. The van der Waals surface area contributed by atoms with Crippen LogP contribution >= 0.6 is 0 Å². The fourth-order valence-corrected chi connectivity index (χ4v) is 5.49. The molecule has 0 aromatic heterocycles. The summed E-state index contributed by atoms with van der Waals surface area (Å²) in [5.74, 6) is -0.0156. The highest BCUT2D eigenvalue weighted by Crippen LogP contribution is 2.28. The molecule has 38 heavy (non-hydrogen) atoms. The van der Waals surface area contributed by atoms with Crippen molar-refractivity contribution in [1.29, 1.82) is 0 Å². The first-order chi connectivity index (χ1) is 18.3. The lowest BCUT2D eigenvalue weighted by atomic mass is 9.97. The number of allylic oxidation sites excluding steroid dienone is 2. The Bertz CT molecular complexity index is 1190. The molecular weight excluding hydrogens is 470 g/mol. The van der Waals surface area contributed by atoms with Crippen LogP contribution in [0.1, 0.15) is 60.8 Å². The molecule has 2 aromatic rings. The minimum Gasteiger partial charge on any atom is -0.370 e. The van der Waals surface area contributed by atoms with Gasteiger partial charge in [0.1, 0.15) is 0 Å². The summed E-state index contributed by atoms with van der Waals surface area (Å²) in [6, 6.07) is 17.5. The molecule has 0 saturated carbocycles. The van der Waals surface area contributed by atoms with Crippen molar-refractivity contribution in [2.75, 3.05) is 36.0 Å². The lowest BCUT2D eigenvalue weighted by Crippen LogP contribution is -2.33. The van der Waals surface area contributed by atoms with E-state index in [1.807, 2.05) is 12.1 Å². The van der Waals surface area contributed by atoms with Crippen molar-refractivity contribution >= 4 is 40.0 Å². The number of hydrogen-bond acceptors (Lipinski definition) is 6. The van der Waals surface area contributed by atoms with Crippen LogP contribution in [0.15, 0.2) is 70.3 Å². The second-order valence-electron chi connectivity index (χ2n) is 10.7. The van der Waals surface area contributed by atoms with Crippen LogP contribution in [0.3, 0.4) is 0 Å². The molecule has 0 bridgehead atoms. The molecule has 0 atom stereocenters. The van der Waals surface area contributed by atoms with Crippen molar-refractivity contribution in [1.82, 2.24) is 4.90 Å². The SMILES string of the molecule is CCN(c1ccc(N=C2CC(=Nc3ccc(N(CC)C(C)C)cc3)C(N3CCCC3)=CC2=O)cc1)C(C)C. The molecule has 1 aliphatic carbocycles. The van der Waals surface area contributed by atoms with Crippen LogP contribution in [-0.2, 0) is 4.79 Å². The first-order valence-electron chi connectivity index (χ1n) is 14.2. The average molecular weight is 514 g/mol. The molecule has 2 aliphatic rings. The zero-order chi connectivity index (χ0) is 27.2. The summed E-state index contributed by atoms with van der Waals surface area (Å²) >= 11 is 0. The third kappa shape index (κ3) is 6.35. The van der Waals surface area contributed by atoms with Crippen LogP contribution in [0.2, 0.25) is 0 Å². The summed E-state index contributed by atoms with van der Waals surface area (Å²) in [7, 11) is 0. The van der Waals surface area contributed by atoms with Crippen LogP contribution in [0.5, 0.6) is 0 Å². The molecule has 1 fully saturated rings. The maximum absolute atomic E-state index is 13.2. The highest BCUT2D eigenvalue weighted by Gasteiger charge is 2.28. The van der Waals surface area contributed by atoms with Crippen molar-refractivity contribution < 1.29 is 4.79 Å². The van der Waals surface area contributed by atoms with Gasteiger partial charge < -0.3 is 14.7 Å². The second kappa shape index (κ2) is 12.4. The van der Waals surface area contributed by atoms with Crippen LogP contribution in [0.4, 0.5) is 22.7 Å². The third-order valence-electron chi connectivity index (χ3n) is 7.45. The molecule has 6 heteroatoms. The van der Waals surface area contributed by atoms with E-state index in [0.29, 0.717) is 24.2 Å². The van der Waals surface area contributed by atoms with Crippen molar-refractivity contribution in [2.24, 2.45) is 9.98 Å². The summed E-state index contributed by atoms with van der Waals surface area (Å²) in [6.07, 6.45) is 4.48. The Labute approximate surface area is 228 Å². The molecule has 0 amide bonds. The van der Waals surface area contributed by atoms with E-state index in [2.05, 4.69) is 92.6 Å². The minimum absolute atomic E-state index is 0.0156. The standard InChI is InChI=1S/C32H43N5O/c1-7-36(23(3)4)27-15-11-25(12-16-27)33-29-21-30(32(38)22-31(29)35-19-9-10-20-35)34-26-13-17-28(18-14-26)37(8-2)24(5)6/h11-18,22-24H,7-10,19-21H2,1-6H3. The van der Waals surface area contributed by atoms with Crippen LogP contribution < -0.4 is 9.80 Å². The zero-order valence-electron chi connectivity index (χ0n) is 23.9. The molecule has 202 valence electrons. The largest absolute Gasteiger partial charge is 0.370 e. The number of hydrogen-bond donors (Lipinski definition) is 0. The van der Waals surface area contributed by atoms with E-state index in [4.69, 9.17) is 9.98 Å². The molecular formula is C32H43N5O. The summed E-state index contributed by atoms with van der Waals surface area (Å²) < 4.78 is 0. The summed E-state index contributed by atoms with van der Waals surface area (Å²) in [5, 5.41) is 0. The smallest absolute Gasteiger partial charge is 0.202 e. The predicted molar refractivity (Wildman–Crippen MR) is 162 cm³/mol. The van der Waals surface area contributed by atoms with Gasteiger partial charge in [-0.1, -0.05) is 0 Å². The van der Waals surface area contributed by atoms with Crippen molar-refractivity contribution in [2.45, 2.75) is 72.9 Å². The number of aliphatic imine (C=N–C) groups is 2. The van der Waals surface area contributed by atoms with Gasteiger partial charge in [-0.3, -0.25) is 9.79 Å². The Morgan fingerprint density at radius 1 is 0.737 bits per heavy atom. The maximum Gasteiger partial charge on any atom is 0.202 e. The fourth-order valence-electron chi connectivity index (χ4n) is 5.49. The quantitative estimate of drug-likeness (QED) is 0.364. The maximum atomic E-state index is 13.2. The van der Waals surface area contributed by atoms with Gasteiger partial charge >= 0.3 is 0 Å². The number of carbonyl (C=O) groups excluding carboxylic acids is 1. The van der Waals surface area contributed by atoms with Gasteiger partial charge in [0.25, 0.3) is 0 Å². The normalized spacial score (nSPS) is 18.2. The van der Waals surface area contributed by atoms with Gasteiger partial charge in [0.2, 0.25) is 5.78 Å². The number of rotatable bonds is 9. The number of anilines is 2. The van der Waals surface area contributed by atoms with Crippen LogP contribution in [0, 0.1) is 0 Å². The third-order valence-corrected chi connectivity index (χ3v) is 7.45. The van der Waals surface area contributed by atoms with Gasteiger partial charge in [0.15, 0.2) is 0 Å². The molecule has 4 rings (SSSR count). The van der Waals surface area contributed by atoms with E-state index in [-0.39, 0.29) is 5.78 Å². The zero-order valence-corrected chi connectivity index (χ0v) is 23.9. The van der Waals surface area contributed by atoms with Gasteiger partial charge in [0.05, 0.1) is 28.5 Å². The van der Waals surface area contributed by atoms with E-state index >= 15 is 0 Å². The Morgan fingerprint density at radius 3 is 1.61 bits per heavy atom. The Hall–Kier alpha value is -3.41. The molecule has 0 radical (unpaired) electrons. The van der Waals surface area contributed by atoms with Crippen LogP contribution in [0.25, 0.3) is 0 Å². The Morgan fingerprint density at radius 2 is 1.18 bits per heavy atom. The molecule has 2 aromatic carbocycles. The van der Waals surface area contributed by atoms with E-state index in [0.717, 1.165) is 61.8 Å². The Balaban J connectivity index is 1.63. The number of ketones is 1. The second-order valence-corrected chi connectivity index (χ2v) is 10.7. The summed E-state index contributed by atoms with van der Waals surface area (Å²) in [4.78, 5) is 30.0. The lowest BCUT2D eigenvalue weighted by molar-refractivity contribution is -0.109. The number of likely N-dealkylation sites (tertiary alicyclic amines) is 1. The molecule has 1 aliphatic heterocycles. The van der Waals surface area contributed by atoms with Crippen LogP contribution in [-0.4, -0.2) is 60.4 Å². The first-order valence-corrected chi connectivity index (χ1v) is 14.2. The van der Waals surface area contributed by atoms with Gasteiger partial charge in [-0.15, -0.1) is 0 Å². The number of nitrogens with zero attached hydrogens (tertiary/aromatic N) is 5. The summed E-state index contributed by atoms with van der Waals surface area (Å²) in [6.45, 7) is 17.0. The number of carbonyl (C=O) groups is 1. The predicted octanol–water partition coefficient (Wildman–Crippen LogP) is 6.95. The average Bonchev–Trinajstić information content (AvgIpc) is 3.43. The molecule has 6 nitrogen and oxygen atoms in total. The Kier molecular flexibility index (Phi) is 9.03. The fraction of sp³-hybridized carbons (Fsp3) is 0.469. The van der Waals surface area contributed by atoms with E-state index in [1.54, 1.807) is 6.08 Å². The van der Waals surface area contributed by atoms with E-state index in [1.165, 1.54) is 11.4 Å².